The van der Waals surface area contributed by atoms with Crippen molar-refractivity contribution in [2.75, 3.05) is 37.6 Å². The summed E-state index contributed by atoms with van der Waals surface area (Å²) in [5.74, 6) is 0.420. The van der Waals surface area contributed by atoms with Gasteiger partial charge < -0.3 is 20.5 Å². The Bertz CT molecular complexity index is 939. The molecule has 1 aliphatic heterocycles. The molecule has 0 unspecified atom stereocenters. The van der Waals surface area contributed by atoms with Crippen LogP contribution < -0.4 is 10.6 Å². The molecule has 2 aromatic carbocycles. The first-order chi connectivity index (χ1) is 13.7. The zero-order valence-electron chi connectivity index (χ0n) is 15.9. The summed E-state index contributed by atoms with van der Waals surface area (Å²) in [7, 11) is 0. The maximum atomic E-state index is 13.1. The van der Waals surface area contributed by atoms with E-state index in [4.69, 9.17) is 5.73 Å². The lowest BCUT2D eigenvalue weighted by atomic mass is 10.1. The molecule has 0 saturated carbocycles. The Morgan fingerprint density at radius 1 is 1.04 bits per heavy atom. The Balaban J connectivity index is 1.25. The molecule has 1 aromatic heterocycles. The highest BCUT2D eigenvalue weighted by Gasteiger charge is 2.18. The Kier molecular flexibility index (Phi) is 5.46. The van der Waals surface area contributed by atoms with Crippen molar-refractivity contribution < 1.29 is 4.39 Å². The number of aryl methyl sites for hydroxylation is 1. The molecule has 0 amide bonds. The molecule has 3 N–H and O–H groups in total. The number of aliphatic imine (C=N–C) groups is 1. The Morgan fingerprint density at radius 2 is 1.79 bits per heavy atom. The van der Waals surface area contributed by atoms with E-state index < -0.39 is 0 Å². The van der Waals surface area contributed by atoms with Gasteiger partial charge in [-0.05, 0) is 48.7 Å². The Morgan fingerprint density at radius 3 is 2.57 bits per heavy atom. The van der Waals surface area contributed by atoms with Crippen LogP contribution in [0, 0.1) is 5.82 Å². The van der Waals surface area contributed by atoms with E-state index in [0.717, 1.165) is 51.3 Å². The summed E-state index contributed by atoms with van der Waals surface area (Å²) in [5.41, 5.74) is 9.77. The van der Waals surface area contributed by atoms with E-state index in [0.29, 0.717) is 5.96 Å². The third-order valence-electron chi connectivity index (χ3n) is 5.35. The van der Waals surface area contributed by atoms with Crippen LogP contribution in [0.4, 0.5) is 10.1 Å². The summed E-state index contributed by atoms with van der Waals surface area (Å²) in [4.78, 5) is 12.3. The monoisotopic (exact) mass is 379 g/mol. The maximum absolute atomic E-state index is 13.1. The average Bonchev–Trinajstić information content (AvgIpc) is 3.15. The fraction of sp³-hybridized carbons (Fsp3) is 0.318. The number of nitrogens with two attached hydrogens (primary N) is 1. The van der Waals surface area contributed by atoms with Crippen molar-refractivity contribution in [3.05, 3.63) is 66.1 Å². The largest absolute Gasteiger partial charge is 0.370 e. The molecule has 1 saturated heterocycles. The molecule has 5 nitrogen and oxygen atoms in total. The second-order valence-electron chi connectivity index (χ2n) is 7.15. The molecule has 0 spiro atoms. The van der Waals surface area contributed by atoms with Crippen molar-refractivity contribution >= 4 is 22.5 Å². The van der Waals surface area contributed by atoms with Crippen LogP contribution >= 0.6 is 0 Å². The standard InChI is InChI=1S/C22H26FN5/c23-18-7-9-19(10-8-18)27-12-14-28(15-13-27)22(24)25-11-3-4-17-16-26-21-6-2-1-5-20(17)21/h1-2,5-10,16,26H,3-4,11-15H2,(H2,24,25). The Hall–Kier alpha value is -3.02. The van der Waals surface area contributed by atoms with Gasteiger partial charge in [0.05, 0.1) is 0 Å². The van der Waals surface area contributed by atoms with Gasteiger partial charge >= 0.3 is 0 Å². The summed E-state index contributed by atoms with van der Waals surface area (Å²) < 4.78 is 13.1. The van der Waals surface area contributed by atoms with Gasteiger partial charge in [0.1, 0.15) is 5.82 Å². The van der Waals surface area contributed by atoms with Crippen LogP contribution in [0.5, 0.6) is 0 Å². The minimum atomic E-state index is -0.202. The van der Waals surface area contributed by atoms with Crippen LogP contribution in [0.3, 0.4) is 0 Å². The van der Waals surface area contributed by atoms with Crippen molar-refractivity contribution in [1.82, 2.24) is 9.88 Å². The number of anilines is 1. The second kappa shape index (κ2) is 8.33. The van der Waals surface area contributed by atoms with E-state index in [1.807, 2.05) is 18.2 Å². The predicted octanol–water partition coefficient (Wildman–Crippen LogP) is 3.38. The lowest BCUT2D eigenvalue weighted by Crippen LogP contribution is -2.51. The Labute approximate surface area is 164 Å². The third kappa shape index (κ3) is 4.11. The van der Waals surface area contributed by atoms with Gasteiger partial charge in [-0.25, -0.2) is 4.39 Å². The summed E-state index contributed by atoms with van der Waals surface area (Å²) in [6, 6.07) is 15.0. The number of hydrogen-bond acceptors (Lipinski definition) is 2. The fourth-order valence-electron chi connectivity index (χ4n) is 3.75. The van der Waals surface area contributed by atoms with Gasteiger partial charge in [0.25, 0.3) is 0 Å². The third-order valence-corrected chi connectivity index (χ3v) is 5.35. The molecule has 1 aliphatic rings. The first-order valence-corrected chi connectivity index (χ1v) is 9.81. The quantitative estimate of drug-likeness (QED) is 0.406. The number of piperazine rings is 1. The predicted molar refractivity (Wildman–Crippen MR) is 113 cm³/mol. The minimum Gasteiger partial charge on any atom is -0.370 e. The molecule has 28 heavy (non-hydrogen) atoms. The summed E-state index contributed by atoms with van der Waals surface area (Å²) in [6.07, 6.45) is 4.05. The van der Waals surface area contributed by atoms with Gasteiger partial charge in [0, 0.05) is 55.5 Å². The number of aromatic nitrogens is 1. The molecule has 146 valence electrons. The molecule has 0 atom stereocenters. The molecule has 6 heteroatoms. The van der Waals surface area contributed by atoms with E-state index in [2.05, 4.69) is 44.2 Å². The number of benzene rings is 2. The molecular formula is C22H26FN5. The number of fused-ring (bicyclic) bond motifs is 1. The summed E-state index contributed by atoms with van der Waals surface area (Å²) >= 11 is 0. The first kappa shape index (κ1) is 18.3. The highest BCUT2D eigenvalue weighted by molar-refractivity contribution is 5.83. The number of rotatable bonds is 5. The summed E-state index contributed by atoms with van der Waals surface area (Å²) in [6.45, 7) is 4.10. The van der Waals surface area contributed by atoms with Crippen molar-refractivity contribution in [1.29, 1.82) is 0 Å². The van der Waals surface area contributed by atoms with Gasteiger partial charge in [-0.1, -0.05) is 18.2 Å². The number of H-pyrrole nitrogens is 1. The van der Waals surface area contributed by atoms with Gasteiger partial charge in [-0.2, -0.15) is 0 Å². The zero-order chi connectivity index (χ0) is 19.3. The van der Waals surface area contributed by atoms with E-state index >= 15 is 0 Å². The molecule has 4 rings (SSSR count). The SMILES string of the molecule is NC(=NCCCc1c[nH]c2ccccc12)N1CCN(c2ccc(F)cc2)CC1. The number of aromatic amines is 1. The molecular weight excluding hydrogens is 353 g/mol. The first-order valence-electron chi connectivity index (χ1n) is 9.81. The lowest BCUT2D eigenvalue weighted by molar-refractivity contribution is 0.380. The minimum absolute atomic E-state index is 0.202. The molecule has 0 aliphatic carbocycles. The molecule has 2 heterocycles. The fourth-order valence-corrected chi connectivity index (χ4v) is 3.75. The normalized spacial score (nSPS) is 15.4. The van der Waals surface area contributed by atoms with E-state index in [9.17, 15) is 4.39 Å². The summed E-state index contributed by atoms with van der Waals surface area (Å²) in [5, 5.41) is 1.29. The molecule has 1 fully saturated rings. The second-order valence-corrected chi connectivity index (χ2v) is 7.15. The number of halogens is 1. The molecule has 0 bridgehead atoms. The molecule has 3 aromatic rings. The van der Waals surface area contributed by atoms with Gasteiger partial charge in [0.2, 0.25) is 0 Å². The molecule has 0 radical (unpaired) electrons. The van der Waals surface area contributed by atoms with E-state index in [1.54, 1.807) is 0 Å². The number of para-hydroxylation sites is 1. The van der Waals surface area contributed by atoms with Crippen LogP contribution in [0.25, 0.3) is 10.9 Å². The van der Waals surface area contributed by atoms with E-state index in [-0.39, 0.29) is 5.82 Å². The van der Waals surface area contributed by atoms with Crippen LogP contribution in [-0.4, -0.2) is 48.6 Å². The highest BCUT2D eigenvalue weighted by Crippen LogP contribution is 2.19. The van der Waals surface area contributed by atoms with Crippen molar-refractivity contribution in [3.63, 3.8) is 0 Å². The van der Waals surface area contributed by atoms with Crippen molar-refractivity contribution in [3.8, 4) is 0 Å². The average molecular weight is 379 g/mol. The lowest BCUT2D eigenvalue weighted by Gasteiger charge is -2.36. The van der Waals surface area contributed by atoms with E-state index in [1.165, 1.54) is 28.6 Å². The smallest absolute Gasteiger partial charge is 0.191 e. The number of nitrogens with zero attached hydrogens (tertiary/aromatic N) is 3. The van der Waals surface area contributed by atoms with Gasteiger partial charge in [-0.3, -0.25) is 4.99 Å². The van der Waals surface area contributed by atoms with Crippen LogP contribution in [0.15, 0.2) is 59.7 Å². The number of nitrogens with one attached hydrogen (secondary N) is 1. The highest BCUT2D eigenvalue weighted by atomic mass is 19.1. The maximum Gasteiger partial charge on any atom is 0.191 e. The topological polar surface area (TPSA) is 60.6 Å². The number of guanidine groups is 1. The van der Waals surface area contributed by atoms with Crippen LogP contribution in [0.1, 0.15) is 12.0 Å². The van der Waals surface area contributed by atoms with Crippen molar-refractivity contribution in [2.45, 2.75) is 12.8 Å². The van der Waals surface area contributed by atoms with Crippen LogP contribution in [0.2, 0.25) is 0 Å². The zero-order valence-corrected chi connectivity index (χ0v) is 15.9. The van der Waals surface area contributed by atoms with Crippen LogP contribution in [-0.2, 0) is 6.42 Å². The van der Waals surface area contributed by atoms with Gasteiger partial charge in [0.15, 0.2) is 5.96 Å². The van der Waals surface area contributed by atoms with Crippen molar-refractivity contribution in [2.24, 2.45) is 10.7 Å². The number of hydrogen-bond donors (Lipinski definition) is 2. The van der Waals surface area contributed by atoms with Gasteiger partial charge in [-0.15, -0.1) is 0 Å².